The van der Waals surface area contributed by atoms with Gasteiger partial charge >= 0.3 is 0 Å². The average molecular weight is 300 g/mol. The molecule has 1 atom stereocenters. The normalized spacial score (nSPS) is 12.0. The van der Waals surface area contributed by atoms with Crippen LogP contribution in [-0.2, 0) is 11.8 Å². The molecule has 0 bridgehead atoms. The molecule has 1 aromatic heterocycles. The van der Waals surface area contributed by atoms with Gasteiger partial charge in [0.2, 0.25) is 5.91 Å². The second-order valence-corrected chi connectivity index (χ2v) is 5.45. The first-order chi connectivity index (χ1) is 10.5. The summed E-state index contributed by atoms with van der Waals surface area (Å²) >= 11 is 0. The SMILES string of the molecule is CC(C)[C@H](NC(=O)c1ccccc1)C(=O)Nc1cnn(C)c1. The van der Waals surface area contributed by atoms with Crippen molar-refractivity contribution in [3.63, 3.8) is 0 Å². The fourth-order valence-corrected chi connectivity index (χ4v) is 2.05. The van der Waals surface area contributed by atoms with E-state index in [1.165, 1.54) is 0 Å². The van der Waals surface area contributed by atoms with Gasteiger partial charge in [0.15, 0.2) is 0 Å². The lowest BCUT2D eigenvalue weighted by Gasteiger charge is -2.21. The van der Waals surface area contributed by atoms with E-state index in [0.717, 1.165) is 0 Å². The van der Waals surface area contributed by atoms with Crippen LogP contribution in [0.3, 0.4) is 0 Å². The molecule has 116 valence electrons. The minimum Gasteiger partial charge on any atom is -0.340 e. The van der Waals surface area contributed by atoms with E-state index in [4.69, 9.17) is 0 Å². The maximum atomic E-state index is 12.4. The van der Waals surface area contributed by atoms with Gasteiger partial charge in [-0.15, -0.1) is 0 Å². The van der Waals surface area contributed by atoms with Gasteiger partial charge in [-0.05, 0) is 18.1 Å². The summed E-state index contributed by atoms with van der Waals surface area (Å²) in [6.07, 6.45) is 3.27. The standard InChI is InChI=1S/C16H20N4O2/c1-11(2)14(16(22)18-13-9-17-20(3)10-13)19-15(21)12-7-5-4-6-8-12/h4-11,14H,1-3H3,(H,18,22)(H,19,21)/t14-/m0/s1. The van der Waals surface area contributed by atoms with E-state index < -0.39 is 6.04 Å². The summed E-state index contributed by atoms with van der Waals surface area (Å²) in [4.78, 5) is 24.6. The lowest BCUT2D eigenvalue weighted by molar-refractivity contribution is -0.118. The van der Waals surface area contributed by atoms with Crippen LogP contribution in [-0.4, -0.2) is 27.6 Å². The summed E-state index contributed by atoms with van der Waals surface area (Å²) in [5.41, 5.74) is 1.13. The maximum Gasteiger partial charge on any atom is 0.251 e. The molecule has 2 aromatic rings. The van der Waals surface area contributed by atoms with Gasteiger partial charge in [0.25, 0.3) is 5.91 Å². The molecule has 6 heteroatoms. The number of aryl methyl sites for hydroxylation is 1. The van der Waals surface area contributed by atoms with Gasteiger partial charge in [-0.25, -0.2) is 0 Å². The Balaban J connectivity index is 2.06. The van der Waals surface area contributed by atoms with Crippen LogP contribution in [0, 0.1) is 5.92 Å². The number of benzene rings is 1. The molecule has 2 amide bonds. The molecule has 0 radical (unpaired) electrons. The molecular weight excluding hydrogens is 280 g/mol. The molecule has 2 rings (SSSR count). The van der Waals surface area contributed by atoms with Gasteiger partial charge in [-0.1, -0.05) is 32.0 Å². The van der Waals surface area contributed by atoms with Crippen molar-refractivity contribution in [1.82, 2.24) is 15.1 Å². The highest BCUT2D eigenvalue weighted by atomic mass is 16.2. The minimum absolute atomic E-state index is 0.0377. The molecule has 6 nitrogen and oxygen atoms in total. The number of amides is 2. The van der Waals surface area contributed by atoms with Gasteiger partial charge in [-0.2, -0.15) is 5.10 Å². The predicted molar refractivity (Wildman–Crippen MR) is 84.4 cm³/mol. The third-order valence-electron chi connectivity index (χ3n) is 3.24. The van der Waals surface area contributed by atoms with Crippen LogP contribution in [0.4, 0.5) is 5.69 Å². The van der Waals surface area contributed by atoms with Crippen LogP contribution in [0.5, 0.6) is 0 Å². The zero-order valence-electron chi connectivity index (χ0n) is 12.9. The molecule has 0 aliphatic carbocycles. The summed E-state index contributed by atoms with van der Waals surface area (Å²) < 4.78 is 1.60. The first-order valence-corrected chi connectivity index (χ1v) is 7.13. The average Bonchev–Trinajstić information content (AvgIpc) is 2.90. The lowest BCUT2D eigenvalue weighted by Crippen LogP contribution is -2.47. The number of rotatable bonds is 5. The van der Waals surface area contributed by atoms with E-state index >= 15 is 0 Å². The fraction of sp³-hybridized carbons (Fsp3) is 0.312. The summed E-state index contributed by atoms with van der Waals surface area (Å²) in [6, 6.07) is 8.22. The number of carbonyl (C=O) groups is 2. The Bertz CT molecular complexity index is 649. The third-order valence-corrected chi connectivity index (χ3v) is 3.24. The van der Waals surface area contributed by atoms with Gasteiger partial charge in [0.05, 0.1) is 11.9 Å². The van der Waals surface area contributed by atoms with E-state index in [-0.39, 0.29) is 17.7 Å². The quantitative estimate of drug-likeness (QED) is 0.884. The zero-order valence-corrected chi connectivity index (χ0v) is 12.9. The summed E-state index contributed by atoms with van der Waals surface area (Å²) in [7, 11) is 1.77. The van der Waals surface area contributed by atoms with Gasteiger partial charge in [0.1, 0.15) is 6.04 Å². The largest absolute Gasteiger partial charge is 0.340 e. The Kier molecular flexibility index (Phi) is 4.93. The Morgan fingerprint density at radius 2 is 1.86 bits per heavy atom. The monoisotopic (exact) mass is 300 g/mol. The van der Waals surface area contributed by atoms with Gasteiger partial charge < -0.3 is 10.6 Å². The Labute approximate surface area is 129 Å². The van der Waals surface area contributed by atoms with Crippen molar-refractivity contribution in [1.29, 1.82) is 0 Å². The van der Waals surface area contributed by atoms with E-state index in [1.54, 1.807) is 48.4 Å². The van der Waals surface area contributed by atoms with Gasteiger partial charge in [0, 0.05) is 18.8 Å². The molecule has 0 aliphatic heterocycles. The molecule has 0 saturated heterocycles. The molecule has 0 aliphatic rings. The van der Waals surface area contributed by atoms with Crippen molar-refractivity contribution in [2.24, 2.45) is 13.0 Å². The number of anilines is 1. The maximum absolute atomic E-state index is 12.4. The third kappa shape index (κ3) is 3.94. The fourth-order valence-electron chi connectivity index (χ4n) is 2.05. The van der Waals surface area contributed by atoms with Crippen molar-refractivity contribution in [2.45, 2.75) is 19.9 Å². The summed E-state index contributed by atoms with van der Waals surface area (Å²) in [5, 5.41) is 9.54. The molecule has 1 aromatic carbocycles. The van der Waals surface area contributed by atoms with E-state index in [9.17, 15) is 9.59 Å². The highest BCUT2D eigenvalue weighted by Gasteiger charge is 2.25. The lowest BCUT2D eigenvalue weighted by atomic mass is 10.0. The smallest absolute Gasteiger partial charge is 0.251 e. The molecule has 1 heterocycles. The van der Waals surface area contributed by atoms with Crippen LogP contribution in [0.25, 0.3) is 0 Å². The van der Waals surface area contributed by atoms with Crippen molar-refractivity contribution in [3.05, 3.63) is 48.3 Å². The molecule has 0 saturated carbocycles. The highest BCUT2D eigenvalue weighted by molar-refractivity contribution is 6.01. The number of hydrogen-bond acceptors (Lipinski definition) is 3. The minimum atomic E-state index is -0.618. The second-order valence-electron chi connectivity index (χ2n) is 5.45. The van der Waals surface area contributed by atoms with Crippen molar-refractivity contribution in [2.75, 3.05) is 5.32 Å². The van der Waals surface area contributed by atoms with Crippen LogP contribution >= 0.6 is 0 Å². The van der Waals surface area contributed by atoms with E-state index in [2.05, 4.69) is 15.7 Å². The molecule has 22 heavy (non-hydrogen) atoms. The molecule has 2 N–H and O–H groups in total. The summed E-state index contributed by atoms with van der Waals surface area (Å²) in [5.74, 6) is -0.558. The first kappa shape index (κ1) is 15.8. The zero-order chi connectivity index (χ0) is 16.1. The Hall–Kier alpha value is -2.63. The first-order valence-electron chi connectivity index (χ1n) is 7.13. The van der Waals surface area contributed by atoms with Crippen LogP contribution in [0.15, 0.2) is 42.7 Å². The number of aromatic nitrogens is 2. The second kappa shape index (κ2) is 6.89. The van der Waals surface area contributed by atoms with Crippen molar-refractivity contribution in [3.8, 4) is 0 Å². The van der Waals surface area contributed by atoms with E-state index in [1.807, 2.05) is 19.9 Å². The number of nitrogens with zero attached hydrogens (tertiary/aromatic N) is 2. The van der Waals surface area contributed by atoms with Crippen molar-refractivity contribution >= 4 is 17.5 Å². The molecule has 0 fully saturated rings. The predicted octanol–water partition coefficient (Wildman–Crippen LogP) is 1.81. The molecule has 0 spiro atoms. The molecule has 0 unspecified atom stereocenters. The Morgan fingerprint density at radius 3 is 2.41 bits per heavy atom. The summed E-state index contributed by atoms with van der Waals surface area (Å²) in [6.45, 7) is 3.78. The molecular formula is C16H20N4O2. The van der Waals surface area contributed by atoms with Crippen LogP contribution < -0.4 is 10.6 Å². The topological polar surface area (TPSA) is 76.0 Å². The van der Waals surface area contributed by atoms with Crippen LogP contribution in [0.2, 0.25) is 0 Å². The van der Waals surface area contributed by atoms with Gasteiger partial charge in [-0.3, -0.25) is 14.3 Å². The van der Waals surface area contributed by atoms with E-state index in [0.29, 0.717) is 11.3 Å². The van der Waals surface area contributed by atoms with Crippen LogP contribution in [0.1, 0.15) is 24.2 Å². The number of carbonyl (C=O) groups excluding carboxylic acids is 2. The van der Waals surface area contributed by atoms with Crippen molar-refractivity contribution < 1.29 is 9.59 Å². The Morgan fingerprint density at radius 1 is 1.18 bits per heavy atom. The highest BCUT2D eigenvalue weighted by Crippen LogP contribution is 2.09. The number of hydrogen-bond donors (Lipinski definition) is 2. The number of nitrogens with one attached hydrogen (secondary N) is 2.